The molecule has 0 aliphatic rings. The maximum absolute atomic E-state index is 10.8. The predicted octanol–water partition coefficient (Wildman–Crippen LogP) is 3.00. The number of hydrogen-bond acceptors (Lipinski definition) is 2. The van der Waals surface area contributed by atoms with E-state index < -0.39 is 0 Å². The summed E-state index contributed by atoms with van der Waals surface area (Å²) < 4.78 is 0. The summed E-state index contributed by atoms with van der Waals surface area (Å²) in [5.41, 5.74) is 1.34. The molecule has 0 amide bonds. The quantitative estimate of drug-likeness (QED) is 0.702. The van der Waals surface area contributed by atoms with Gasteiger partial charge in [0.1, 0.15) is 5.78 Å². The summed E-state index contributed by atoms with van der Waals surface area (Å²) in [4.78, 5) is 12.0. The van der Waals surface area contributed by atoms with E-state index in [1.165, 1.54) is 10.4 Å². The Balaban J connectivity index is 2.70. The zero-order valence-corrected chi connectivity index (χ0v) is 8.57. The number of carbonyl (C=O) groups is 1. The Kier molecular flexibility index (Phi) is 3.04. The van der Waals surface area contributed by atoms with E-state index in [2.05, 4.69) is 25.3 Å². The molecular formula is C10H14OS. The van der Waals surface area contributed by atoms with Crippen molar-refractivity contribution >= 4 is 17.1 Å². The van der Waals surface area contributed by atoms with Crippen LogP contribution >= 0.6 is 11.3 Å². The van der Waals surface area contributed by atoms with Crippen LogP contribution in [0.5, 0.6) is 0 Å². The first-order valence-corrected chi connectivity index (χ1v) is 5.04. The van der Waals surface area contributed by atoms with Crippen LogP contribution in [0, 0.1) is 0 Å². The fourth-order valence-corrected chi connectivity index (χ4v) is 2.16. The summed E-state index contributed by atoms with van der Waals surface area (Å²) in [7, 11) is 0. The van der Waals surface area contributed by atoms with E-state index >= 15 is 0 Å². The summed E-state index contributed by atoms with van der Waals surface area (Å²) >= 11 is 1.69. The molecule has 66 valence electrons. The van der Waals surface area contributed by atoms with Crippen LogP contribution in [0.25, 0.3) is 0 Å². The molecule has 1 aromatic heterocycles. The molecule has 0 atom stereocenters. The van der Waals surface area contributed by atoms with Gasteiger partial charge >= 0.3 is 0 Å². The van der Waals surface area contributed by atoms with Gasteiger partial charge in [-0.15, -0.1) is 11.3 Å². The molecule has 0 aliphatic carbocycles. The van der Waals surface area contributed by atoms with Crippen LogP contribution in [0.15, 0.2) is 11.4 Å². The van der Waals surface area contributed by atoms with Crippen molar-refractivity contribution in [1.82, 2.24) is 0 Å². The molecule has 0 unspecified atom stereocenters. The van der Waals surface area contributed by atoms with E-state index in [0.717, 1.165) is 0 Å². The van der Waals surface area contributed by atoms with Crippen molar-refractivity contribution < 1.29 is 4.79 Å². The van der Waals surface area contributed by atoms with Gasteiger partial charge in [0.25, 0.3) is 0 Å². The summed E-state index contributed by atoms with van der Waals surface area (Å²) in [5.74, 6) is 0.814. The first-order chi connectivity index (χ1) is 5.59. The molecule has 0 N–H and O–H groups in total. The normalized spacial score (nSPS) is 10.7. The Morgan fingerprint density at radius 1 is 1.58 bits per heavy atom. The molecule has 1 heterocycles. The number of hydrogen-bond donors (Lipinski definition) is 0. The fraction of sp³-hybridized carbons (Fsp3) is 0.500. The lowest BCUT2D eigenvalue weighted by Gasteiger charge is -1.97. The Bertz CT molecular complexity index is 273. The molecule has 1 rings (SSSR count). The summed E-state index contributed by atoms with van der Waals surface area (Å²) in [6.45, 7) is 5.97. The Morgan fingerprint density at radius 2 is 2.25 bits per heavy atom. The monoisotopic (exact) mass is 182 g/mol. The van der Waals surface area contributed by atoms with Gasteiger partial charge in [-0.3, -0.25) is 4.79 Å². The van der Waals surface area contributed by atoms with E-state index in [1.54, 1.807) is 18.3 Å². The van der Waals surface area contributed by atoms with E-state index in [-0.39, 0.29) is 5.78 Å². The molecule has 2 heteroatoms. The molecule has 0 saturated carbocycles. The number of ketones is 1. The Morgan fingerprint density at radius 3 is 2.67 bits per heavy atom. The van der Waals surface area contributed by atoms with Gasteiger partial charge in [-0.05, 0) is 29.9 Å². The largest absolute Gasteiger partial charge is 0.300 e. The molecule has 0 spiro atoms. The molecule has 0 radical (unpaired) electrons. The van der Waals surface area contributed by atoms with Crippen LogP contribution in [-0.2, 0) is 11.2 Å². The van der Waals surface area contributed by atoms with E-state index in [9.17, 15) is 4.79 Å². The van der Waals surface area contributed by atoms with Gasteiger partial charge in [0.15, 0.2) is 0 Å². The smallest absolute Gasteiger partial charge is 0.135 e. The summed E-state index contributed by atoms with van der Waals surface area (Å²) in [6.07, 6.45) is 0.595. The van der Waals surface area contributed by atoms with Gasteiger partial charge < -0.3 is 0 Å². The van der Waals surface area contributed by atoms with Crippen LogP contribution < -0.4 is 0 Å². The molecule has 0 saturated heterocycles. The maximum atomic E-state index is 10.8. The summed E-state index contributed by atoms with van der Waals surface area (Å²) in [5, 5.41) is 2.14. The van der Waals surface area contributed by atoms with Crippen LogP contribution in [-0.4, -0.2) is 5.78 Å². The minimum Gasteiger partial charge on any atom is -0.300 e. The molecule has 1 aromatic rings. The van der Waals surface area contributed by atoms with Gasteiger partial charge in [-0.1, -0.05) is 13.8 Å². The average Bonchev–Trinajstić information content (AvgIpc) is 2.34. The third kappa shape index (κ3) is 2.45. The molecule has 0 aromatic carbocycles. The lowest BCUT2D eigenvalue weighted by atomic mass is 10.1. The van der Waals surface area contributed by atoms with Gasteiger partial charge in [-0.2, -0.15) is 0 Å². The third-order valence-electron chi connectivity index (χ3n) is 1.76. The topological polar surface area (TPSA) is 17.1 Å². The van der Waals surface area contributed by atoms with Crippen molar-refractivity contribution in [1.29, 1.82) is 0 Å². The predicted molar refractivity (Wildman–Crippen MR) is 52.8 cm³/mol. The minimum absolute atomic E-state index is 0.243. The minimum atomic E-state index is 0.243. The number of Topliss-reactive ketones (excluding diaryl/α,β-unsaturated/α-hetero) is 1. The van der Waals surface area contributed by atoms with Crippen LogP contribution in [0.3, 0.4) is 0 Å². The lowest BCUT2D eigenvalue weighted by molar-refractivity contribution is -0.116. The second-order valence-electron chi connectivity index (χ2n) is 3.38. The lowest BCUT2D eigenvalue weighted by Crippen LogP contribution is -1.92. The van der Waals surface area contributed by atoms with E-state index in [0.29, 0.717) is 12.3 Å². The van der Waals surface area contributed by atoms with Gasteiger partial charge in [0, 0.05) is 11.3 Å². The van der Waals surface area contributed by atoms with Crippen molar-refractivity contribution in [3.8, 4) is 0 Å². The highest BCUT2D eigenvalue weighted by atomic mass is 32.1. The highest BCUT2D eigenvalue weighted by Crippen LogP contribution is 2.22. The van der Waals surface area contributed by atoms with Crippen LogP contribution in [0.1, 0.15) is 37.1 Å². The van der Waals surface area contributed by atoms with Gasteiger partial charge in [-0.25, -0.2) is 0 Å². The van der Waals surface area contributed by atoms with Crippen molar-refractivity contribution in [2.45, 2.75) is 33.1 Å². The highest BCUT2D eigenvalue weighted by molar-refractivity contribution is 7.10. The van der Waals surface area contributed by atoms with Crippen molar-refractivity contribution in [3.63, 3.8) is 0 Å². The van der Waals surface area contributed by atoms with Crippen molar-refractivity contribution in [2.75, 3.05) is 0 Å². The first kappa shape index (κ1) is 9.46. The highest BCUT2D eigenvalue weighted by Gasteiger charge is 2.04. The molecular weight excluding hydrogens is 168 g/mol. The number of rotatable bonds is 3. The zero-order chi connectivity index (χ0) is 9.14. The third-order valence-corrected chi connectivity index (χ3v) is 2.72. The maximum Gasteiger partial charge on any atom is 0.135 e. The van der Waals surface area contributed by atoms with Crippen molar-refractivity contribution in [2.24, 2.45) is 0 Å². The second kappa shape index (κ2) is 3.85. The Hall–Kier alpha value is -0.630. The van der Waals surface area contributed by atoms with Crippen LogP contribution in [0.4, 0.5) is 0 Å². The second-order valence-corrected chi connectivity index (χ2v) is 4.38. The fourth-order valence-electron chi connectivity index (χ4n) is 1.04. The van der Waals surface area contributed by atoms with Gasteiger partial charge in [0.2, 0.25) is 0 Å². The van der Waals surface area contributed by atoms with E-state index in [1.807, 2.05) is 0 Å². The molecule has 12 heavy (non-hydrogen) atoms. The number of carbonyl (C=O) groups excluding carboxylic acids is 1. The van der Waals surface area contributed by atoms with Crippen LogP contribution in [0.2, 0.25) is 0 Å². The Labute approximate surface area is 77.4 Å². The number of thiophene rings is 1. The van der Waals surface area contributed by atoms with E-state index in [4.69, 9.17) is 0 Å². The molecule has 0 aliphatic heterocycles. The van der Waals surface area contributed by atoms with Crippen molar-refractivity contribution in [3.05, 3.63) is 21.9 Å². The summed E-state index contributed by atoms with van der Waals surface area (Å²) in [6, 6.07) is 2.14. The van der Waals surface area contributed by atoms with Gasteiger partial charge in [0.05, 0.1) is 0 Å². The first-order valence-electron chi connectivity index (χ1n) is 4.16. The molecule has 0 fully saturated rings. The standard InChI is InChI=1S/C10H14OS/c1-7(2)9-5-10(12-6-9)4-8(3)11/h5-7H,4H2,1-3H3. The SMILES string of the molecule is CC(=O)Cc1cc(C(C)C)cs1. The molecule has 1 nitrogen and oxygen atoms in total. The average molecular weight is 182 g/mol. The molecule has 0 bridgehead atoms. The zero-order valence-electron chi connectivity index (χ0n) is 7.76.